The molecule has 0 radical (unpaired) electrons. The standard InChI is InChI=1S/C12H19N3/c1-9(2)7-11-4-6-14-12(15-11)10-3-5-13-8-10/h4,6,9-10,13H,3,5,7-8H2,1-2H3. The van der Waals surface area contributed by atoms with Gasteiger partial charge in [0, 0.05) is 24.4 Å². The lowest BCUT2D eigenvalue weighted by Crippen LogP contribution is -2.11. The van der Waals surface area contributed by atoms with Crippen molar-refractivity contribution in [1.29, 1.82) is 0 Å². The zero-order valence-corrected chi connectivity index (χ0v) is 9.53. The smallest absolute Gasteiger partial charge is 0.132 e. The van der Waals surface area contributed by atoms with E-state index in [4.69, 9.17) is 0 Å². The highest BCUT2D eigenvalue weighted by Crippen LogP contribution is 2.18. The summed E-state index contributed by atoms with van der Waals surface area (Å²) in [5, 5.41) is 3.35. The van der Waals surface area contributed by atoms with Gasteiger partial charge in [0.25, 0.3) is 0 Å². The molecule has 0 aromatic carbocycles. The van der Waals surface area contributed by atoms with Crippen molar-refractivity contribution in [1.82, 2.24) is 15.3 Å². The van der Waals surface area contributed by atoms with Gasteiger partial charge in [-0.25, -0.2) is 9.97 Å². The molecule has 1 N–H and O–H groups in total. The maximum atomic E-state index is 4.64. The summed E-state index contributed by atoms with van der Waals surface area (Å²) in [6.07, 6.45) is 4.12. The molecule has 1 saturated heterocycles. The third-order valence-corrected chi connectivity index (χ3v) is 2.77. The molecule has 1 aromatic heterocycles. The van der Waals surface area contributed by atoms with Crippen molar-refractivity contribution >= 4 is 0 Å². The van der Waals surface area contributed by atoms with Crippen LogP contribution < -0.4 is 5.32 Å². The molecule has 3 nitrogen and oxygen atoms in total. The minimum absolute atomic E-state index is 0.525. The van der Waals surface area contributed by atoms with Gasteiger partial charge in [-0.3, -0.25) is 0 Å². The quantitative estimate of drug-likeness (QED) is 0.817. The Morgan fingerprint density at radius 2 is 2.40 bits per heavy atom. The molecule has 1 aromatic rings. The molecule has 2 rings (SSSR count). The van der Waals surface area contributed by atoms with Gasteiger partial charge < -0.3 is 5.32 Å². The first-order chi connectivity index (χ1) is 7.25. The molecule has 1 unspecified atom stereocenters. The summed E-state index contributed by atoms with van der Waals surface area (Å²) in [6.45, 7) is 6.57. The fourth-order valence-electron chi connectivity index (χ4n) is 2.02. The van der Waals surface area contributed by atoms with Crippen LogP contribution in [0.4, 0.5) is 0 Å². The number of hydrogen-bond acceptors (Lipinski definition) is 3. The highest BCUT2D eigenvalue weighted by atomic mass is 15.0. The Kier molecular flexibility index (Phi) is 3.31. The van der Waals surface area contributed by atoms with E-state index in [0.717, 1.165) is 25.3 Å². The molecule has 0 bridgehead atoms. The van der Waals surface area contributed by atoms with Crippen LogP contribution in [0.5, 0.6) is 0 Å². The normalized spacial score (nSPS) is 21.1. The van der Waals surface area contributed by atoms with Crippen molar-refractivity contribution < 1.29 is 0 Å². The summed E-state index contributed by atoms with van der Waals surface area (Å²) in [5.74, 6) is 2.21. The minimum Gasteiger partial charge on any atom is -0.316 e. The Bertz CT molecular complexity index is 316. The molecule has 0 amide bonds. The summed E-state index contributed by atoms with van der Waals surface area (Å²) in [7, 11) is 0. The fraction of sp³-hybridized carbons (Fsp3) is 0.667. The Balaban J connectivity index is 2.11. The second-order valence-electron chi connectivity index (χ2n) is 4.69. The second-order valence-corrected chi connectivity index (χ2v) is 4.69. The first-order valence-electron chi connectivity index (χ1n) is 5.78. The predicted molar refractivity (Wildman–Crippen MR) is 60.8 cm³/mol. The van der Waals surface area contributed by atoms with Crippen molar-refractivity contribution in [2.75, 3.05) is 13.1 Å². The summed E-state index contributed by atoms with van der Waals surface area (Å²) < 4.78 is 0. The summed E-state index contributed by atoms with van der Waals surface area (Å²) >= 11 is 0. The van der Waals surface area contributed by atoms with Crippen LogP contribution in [0.25, 0.3) is 0 Å². The molecule has 15 heavy (non-hydrogen) atoms. The number of nitrogens with one attached hydrogen (secondary N) is 1. The molecule has 0 spiro atoms. The summed E-state index contributed by atoms with van der Waals surface area (Å²) in [6, 6.07) is 2.03. The predicted octanol–water partition coefficient (Wildman–Crippen LogP) is 1.75. The molecule has 1 aliphatic heterocycles. The van der Waals surface area contributed by atoms with Gasteiger partial charge in [0.15, 0.2) is 0 Å². The molecular weight excluding hydrogens is 186 g/mol. The molecule has 1 atom stereocenters. The van der Waals surface area contributed by atoms with E-state index in [9.17, 15) is 0 Å². The molecule has 1 fully saturated rings. The first kappa shape index (κ1) is 10.6. The minimum atomic E-state index is 0.525. The zero-order valence-electron chi connectivity index (χ0n) is 9.53. The fourth-order valence-corrected chi connectivity index (χ4v) is 2.02. The Hall–Kier alpha value is -0.960. The molecule has 0 saturated carbocycles. The van der Waals surface area contributed by atoms with E-state index in [1.807, 2.05) is 12.3 Å². The molecule has 1 aliphatic rings. The molecule has 0 aliphatic carbocycles. The van der Waals surface area contributed by atoms with Crippen molar-refractivity contribution in [2.45, 2.75) is 32.6 Å². The van der Waals surface area contributed by atoms with E-state index in [-0.39, 0.29) is 0 Å². The van der Waals surface area contributed by atoms with Crippen LogP contribution in [0.2, 0.25) is 0 Å². The monoisotopic (exact) mass is 205 g/mol. The Morgan fingerprint density at radius 1 is 1.53 bits per heavy atom. The van der Waals surface area contributed by atoms with Crippen molar-refractivity contribution in [3.63, 3.8) is 0 Å². The van der Waals surface area contributed by atoms with E-state index in [2.05, 4.69) is 29.1 Å². The van der Waals surface area contributed by atoms with E-state index >= 15 is 0 Å². The number of aromatic nitrogens is 2. The third kappa shape index (κ3) is 2.75. The highest BCUT2D eigenvalue weighted by molar-refractivity contribution is 5.08. The largest absolute Gasteiger partial charge is 0.316 e. The van der Waals surface area contributed by atoms with Gasteiger partial charge in [-0.15, -0.1) is 0 Å². The molecule has 2 heterocycles. The average molecular weight is 205 g/mol. The van der Waals surface area contributed by atoms with Crippen molar-refractivity contribution in [2.24, 2.45) is 5.92 Å². The van der Waals surface area contributed by atoms with Gasteiger partial charge in [0.2, 0.25) is 0 Å². The summed E-state index contributed by atoms with van der Waals surface area (Å²) in [5.41, 5.74) is 1.18. The van der Waals surface area contributed by atoms with E-state index in [0.29, 0.717) is 11.8 Å². The van der Waals surface area contributed by atoms with Gasteiger partial charge in [-0.1, -0.05) is 13.8 Å². The van der Waals surface area contributed by atoms with Crippen LogP contribution in [-0.2, 0) is 6.42 Å². The number of hydrogen-bond donors (Lipinski definition) is 1. The van der Waals surface area contributed by atoms with Gasteiger partial charge in [-0.05, 0) is 31.4 Å². The summed E-state index contributed by atoms with van der Waals surface area (Å²) in [4.78, 5) is 9.02. The molecular formula is C12H19N3. The van der Waals surface area contributed by atoms with Crippen LogP contribution >= 0.6 is 0 Å². The molecule has 82 valence electrons. The van der Waals surface area contributed by atoms with Crippen LogP contribution in [0, 0.1) is 5.92 Å². The number of rotatable bonds is 3. The van der Waals surface area contributed by atoms with E-state index in [1.54, 1.807) is 0 Å². The Labute approximate surface area is 91.3 Å². The van der Waals surface area contributed by atoms with Gasteiger partial charge in [0.1, 0.15) is 5.82 Å². The number of nitrogens with zero attached hydrogens (tertiary/aromatic N) is 2. The lowest BCUT2D eigenvalue weighted by Gasteiger charge is -2.09. The molecule has 3 heteroatoms. The topological polar surface area (TPSA) is 37.8 Å². The van der Waals surface area contributed by atoms with Crippen LogP contribution in [0.15, 0.2) is 12.3 Å². The van der Waals surface area contributed by atoms with Crippen LogP contribution in [0.1, 0.15) is 37.7 Å². The lowest BCUT2D eigenvalue weighted by atomic mass is 10.1. The van der Waals surface area contributed by atoms with Crippen LogP contribution in [-0.4, -0.2) is 23.1 Å². The van der Waals surface area contributed by atoms with Crippen molar-refractivity contribution in [3.05, 3.63) is 23.8 Å². The second kappa shape index (κ2) is 4.71. The van der Waals surface area contributed by atoms with Gasteiger partial charge in [0.05, 0.1) is 0 Å². The van der Waals surface area contributed by atoms with Crippen molar-refractivity contribution in [3.8, 4) is 0 Å². The SMILES string of the molecule is CC(C)Cc1ccnc(C2CCNC2)n1. The van der Waals surface area contributed by atoms with E-state index < -0.39 is 0 Å². The van der Waals surface area contributed by atoms with Crippen LogP contribution in [0.3, 0.4) is 0 Å². The highest BCUT2D eigenvalue weighted by Gasteiger charge is 2.19. The van der Waals surface area contributed by atoms with Gasteiger partial charge >= 0.3 is 0 Å². The maximum absolute atomic E-state index is 4.64. The van der Waals surface area contributed by atoms with E-state index in [1.165, 1.54) is 12.1 Å². The Morgan fingerprint density at radius 3 is 3.07 bits per heavy atom. The zero-order chi connectivity index (χ0) is 10.7. The third-order valence-electron chi connectivity index (χ3n) is 2.77. The lowest BCUT2D eigenvalue weighted by molar-refractivity contribution is 0.620. The maximum Gasteiger partial charge on any atom is 0.132 e. The van der Waals surface area contributed by atoms with Gasteiger partial charge in [-0.2, -0.15) is 0 Å². The first-order valence-corrected chi connectivity index (χ1v) is 5.78. The average Bonchev–Trinajstić information content (AvgIpc) is 2.69.